The molecule has 3 atom stereocenters. The van der Waals surface area contributed by atoms with E-state index in [2.05, 4.69) is 101 Å². The van der Waals surface area contributed by atoms with E-state index in [1.165, 1.54) is 27.3 Å². The molecule has 0 bridgehead atoms. The van der Waals surface area contributed by atoms with E-state index in [9.17, 15) is 5.11 Å². The van der Waals surface area contributed by atoms with Gasteiger partial charge in [-0.3, -0.25) is 4.90 Å². The lowest BCUT2D eigenvalue weighted by Crippen LogP contribution is -3.07. The minimum Gasteiger partial charge on any atom is -0.494 e. The SMILES string of the molecule is CCCCC(CC)(CCCC)[C@H](O)[C@H](c1ccc(OCCCC[NH+]2C=CNC2)cc1)c1cc(N(C)C)ccc1C.CCO. The lowest BCUT2D eigenvalue weighted by molar-refractivity contribution is -0.843. The number of aryl methyl sites for hydroxylation is 1. The van der Waals surface area contributed by atoms with Crippen LogP contribution in [0.25, 0.3) is 0 Å². The summed E-state index contributed by atoms with van der Waals surface area (Å²) in [5.74, 6) is 0.817. The summed E-state index contributed by atoms with van der Waals surface area (Å²) in [6, 6.07) is 15.3. The van der Waals surface area contributed by atoms with Crippen LogP contribution in [0.2, 0.25) is 0 Å². The van der Waals surface area contributed by atoms with Gasteiger partial charge in [-0.2, -0.15) is 0 Å². The molecule has 1 heterocycles. The molecule has 0 saturated carbocycles. The maximum atomic E-state index is 12.4. The Kier molecular flexibility index (Phi) is 16.8. The average molecular weight is 597 g/mol. The van der Waals surface area contributed by atoms with Crippen molar-refractivity contribution in [3.63, 3.8) is 0 Å². The lowest BCUT2D eigenvalue weighted by atomic mass is 9.65. The molecule has 1 aliphatic rings. The van der Waals surface area contributed by atoms with E-state index in [1.807, 2.05) is 6.20 Å². The molecule has 0 saturated heterocycles. The fourth-order valence-electron chi connectivity index (χ4n) is 6.18. The van der Waals surface area contributed by atoms with Gasteiger partial charge < -0.3 is 25.2 Å². The third-order valence-electron chi connectivity index (χ3n) is 8.98. The Morgan fingerprint density at radius 3 is 2.14 bits per heavy atom. The molecule has 4 N–H and O–H groups in total. The number of rotatable bonds is 18. The smallest absolute Gasteiger partial charge is 0.154 e. The summed E-state index contributed by atoms with van der Waals surface area (Å²) in [4.78, 5) is 3.63. The van der Waals surface area contributed by atoms with Crippen LogP contribution in [0, 0.1) is 12.3 Å². The van der Waals surface area contributed by atoms with Crippen LogP contribution < -0.4 is 19.9 Å². The number of ether oxygens (including phenoxy) is 1. The maximum Gasteiger partial charge on any atom is 0.154 e. The van der Waals surface area contributed by atoms with E-state index in [-0.39, 0.29) is 17.9 Å². The first kappa shape index (κ1) is 36.7. The second-order valence-corrected chi connectivity index (χ2v) is 12.3. The monoisotopic (exact) mass is 596 g/mol. The van der Waals surface area contributed by atoms with Crippen molar-refractivity contribution in [1.29, 1.82) is 0 Å². The molecule has 0 radical (unpaired) electrons. The summed E-state index contributed by atoms with van der Waals surface area (Å²) >= 11 is 0. The summed E-state index contributed by atoms with van der Waals surface area (Å²) in [5.41, 5.74) is 4.70. The molecule has 2 aromatic rings. The number of anilines is 1. The van der Waals surface area contributed by atoms with Crippen molar-refractivity contribution in [1.82, 2.24) is 5.32 Å². The van der Waals surface area contributed by atoms with Gasteiger partial charge in [0.15, 0.2) is 6.67 Å². The van der Waals surface area contributed by atoms with Crippen molar-refractivity contribution < 1.29 is 19.8 Å². The topological polar surface area (TPSA) is 69.4 Å². The van der Waals surface area contributed by atoms with E-state index in [4.69, 9.17) is 9.84 Å². The first-order valence-corrected chi connectivity index (χ1v) is 16.8. The van der Waals surface area contributed by atoms with Crippen LogP contribution in [0.4, 0.5) is 5.69 Å². The molecule has 0 fully saturated rings. The van der Waals surface area contributed by atoms with E-state index in [1.54, 1.807) is 6.92 Å². The summed E-state index contributed by atoms with van der Waals surface area (Å²) < 4.78 is 6.13. The van der Waals surface area contributed by atoms with Gasteiger partial charge in [0, 0.05) is 38.7 Å². The molecule has 2 aromatic carbocycles. The molecule has 1 aliphatic heterocycles. The number of aliphatic hydroxyl groups is 2. The van der Waals surface area contributed by atoms with Crippen molar-refractivity contribution in [2.75, 3.05) is 45.4 Å². The van der Waals surface area contributed by atoms with Crippen molar-refractivity contribution in [2.45, 2.75) is 104 Å². The maximum absolute atomic E-state index is 12.4. The van der Waals surface area contributed by atoms with Gasteiger partial charge in [0.2, 0.25) is 0 Å². The zero-order valence-electron chi connectivity index (χ0n) is 28.3. The minimum absolute atomic E-state index is 0.0901. The molecular weight excluding hydrogens is 534 g/mol. The number of hydrogen-bond donors (Lipinski definition) is 4. The second kappa shape index (κ2) is 19.7. The fourth-order valence-corrected chi connectivity index (χ4v) is 6.18. The van der Waals surface area contributed by atoms with E-state index >= 15 is 0 Å². The molecular formula is C37H62N3O3+. The standard InChI is InChI=1S/C35H55N3O2.C2H6O/c1-7-10-20-35(9-3,21-11-8-2)34(39)33(32-26-30(37(5)6)17-14-28(32)4)29-15-18-31(19-16-29)40-25-13-12-23-38-24-22-36-27-38;1-2-3/h14-19,22,24,26,33-34,36,39H,7-13,20-21,23,25,27H2,1-6H3;3H,2H2,1H3/p+1/t33-,34-;/m1./s1. The fraction of sp³-hybridized carbons (Fsp3) is 0.622. The van der Waals surface area contributed by atoms with Gasteiger partial charge in [0.25, 0.3) is 0 Å². The van der Waals surface area contributed by atoms with E-state index in [0.717, 1.165) is 83.4 Å². The normalized spacial score (nSPS) is 15.8. The van der Waals surface area contributed by atoms with Crippen molar-refractivity contribution in [2.24, 2.45) is 5.41 Å². The number of quaternary nitrogens is 1. The van der Waals surface area contributed by atoms with Crippen LogP contribution in [0.15, 0.2) is 54.9 Å². The highest BCUT2D eigenvalue weighted by Gasteiger charge is 2.41. The summed E-state index contributed by atoms with van der Waals surface area (Å²) in [5, 5.41) is 23.3. The average Bonchev–Trinajstić information content (AvgIpc) is 3.53. The third-order valence-corrected chi connectivity index (χ3v) is 8.98. The quantitative estimate of drug-likeness (QED) is 0.150. The number of aliphatic hydroxyl groups excluding tert-OH is 2. The largest absolute Gasteiger partial charge is 0.494 e. The Balaban J connectivity index is 0.00000206. The van der Waals surface area contributed by atoms with Gasteiger partial charge >= 0.3 is 0 Å². The Hall–Kier alpha value is -2.54. The van der Waals surface area contributed by atoms with Gasteiger partial charge in [0.05, 0.1) is 25.5 Å². The predicted octanol–water partition coefficient (Wildman–Crippen LogP) is 6.41. The molecule has 0 aromatic heterocycles. The molecule has 0 amide bonds. The van der Waals surface area contributed by atoms with Gasteiger partial charge in [-0.05, 0) is 85.9 Å². The summed E-state index contributed by atoms with van der Waals surface area (Å²) in [6.07, 6.45) is 13.7. The van der Waals surface area contributed by atoms with Crippen molar-refractivity contribution in [3.8, 4) is 5.75 Å². The molecule has 6 nitrogen and oxygen atoms in total. The molecule has 0 spiro atoms. The Bertz CT molecular complexity index is 1050. The highest BCUT2D eigenvalue weighted by molar-refractivity contribution is 5.53. The molecule has 1 unspecified atom stereocenters. The minimum atomic E-state index is -0.463. The summed E-state index contributed by atoms with van der Waals surface area (Å²) in [6.45, 7) is 13.8. The predicted molar refractivity (Wildman–Crippen MR) is 182 cm³/mol. The number of nitrogens with one attached hydrogen (secondary N) is 2. The molecule has 6 heteroatoms. The van der Waals surface area contributed by atoms with Crippen LogP contribution in [0.5, 0.6) is 5.75 Å². The molecule has 43 heavy (non-hydrogen) atoms. The van der Waals surface area contributed by atoms with Crippen LogP contribution in [-0.2, 0) is 0 Å². The van der Waals surface area contributed by atoms with Crippen molar-refractivity contribution in [3.05, 3.63) is 71.6 Å². The first-order chi connectivity index (χ1) is 20.8. The Morgan fingerprint density at radius 2 is 1.60 bits per heavy atom. The van der Waals surface area contributed by atoms with E-state index in [0.29, 0.717) is 0 Å². The first-order valence-electron chi connectivity index (χ1n) is 16.8. The van der Waals surface area contributed by atoms with Crippen molar-refractivity contribution >= 4 is 5.69 Å². The third kappa shape index (κ3) is 11.2. The number of benzene rings is 2. The Labute approximate surface area is 263 Å². The molecule has 0 aliphatic carbocycles. The highest BCUT2D eigenvalue weighted by Crippen LogP contribution is 2.47. The molecule has 3 rings (SSSR count). The Morgan fingerprint density at radius 1 is 0.953 bits per heavy atom. The van der Waals surface area contributed by atoms with Gasteiger partial charge in [-0.1, -0.05) is 64.7 Å². The van der Waals surface area contributed by atoms with Gasteiger partial charge in [-0.25, -0.2) is 0 Å². The van der Waals surface area contributed by atoms with Gasteiger partial charge in [-0.15, -0.1) is 0 Å². The zero-order valence-corrected chi connectivity index (χ0v) is 28.3. The van der Waals surface area contributed by atoms with Crippen LogP contribution in [-0.4, -0.2) is 56.8 Å². The highest BCUT2D eigenvalue weighted by atomic mass is 16.5. The number of hydrogen-bond acceptors (Lipinski definition) is 5. The number of unbranched alkanes of at least 4 members (excludes halogenated alkanes) is 3. The second-order valence-electron chi connectivity index (χ2n) is 12.3. The van der Waals surface area contributed by atoms with E-state index < -0.39 is 6.10 Å². The molecule has 242 valence electrons. The zero-order chi connectivity index (χ0) is 31.7. The van der Waals surface area contributed by atoms with Crippen LogP contribution in [0.1, 0.15) is 108 Å². The van der Waals surface area contributed by atoms with Crippen LogP contribution >= 0.6 is 0 Å². The number of nitrogens with zero attached hydrogens (tertiary/aromatic N) is 1. The van der Waals surface area contributed by atoms with Crippen LogP contribution in [0.3, 0.4) is 0 Å². The summed E-state index contributed by atoms with van der Waals surface area (Å²) in [7, 11) is 4.18. The van der Waals surface area contributed by atoms with Gasteiger partial charge in [0.1, 0.15) is 11.9 Å². The lowest BCUT2D eigenvalue weighted by Gasteiger charge is -2.43.